The minimum absolute atomic E-state index is 0.147. The predicted octanol–water partition coefficient (Wildman–Crippen LogP) is 8.33. The number of carbonyl (C=O) groups excluding carboxylic acids is 1. The molecule has 188 valence electrons. The van der Waals surface area contributed by atoms with Gasteiger partial charge in [-0.1, -0.05) is 64.3 Å². The first-order valence-electron chi connectivity index (χ1n) is 13.0. The SMILES string of the molecule is CCCCC(CCC)c1ccc(C(=O)Nc2c(CC)[nH]c3nc(Nc4ccccc4F)ccc23)cc1. The van der Waals surface area contributed by atoms with Crippen LogP contribution in [0.25, 0.3) is 11.0 Å². The van der Waals surface area contributed by atoms with Crippen LogP contribution in [0.15, 0.2) is 60.7 Å². The highest BCUT2D eigenvalue weighted by Crippen LogP contribution is 2.31. The van der Waals surface area contributed by atoms with Gasteiger partial charge in [0.2, 0.25) is 0 Å². The summed E-state index contributed by atoms with van der Waals surface area (Å²) in [6, 6.07) is 18.2. The zero-order valence-electron chi connectivity index (χ0n) is 21.3. The monoisotopic (exact) mass is 486 g/mol. The number of hydrogen-bond acceptors (Lipinski definition) is 3. The van der Waals surface area contributed by atoms with Crippen LogP contribution in [-0.4, -0.2) is 15.9 Å². The first-order valence-corrected chi connectivity index (χ1v) is 13.0. The molecule has 0 aliphatic heterocycles. The number of carbonyl (C=O) groups is 1. The molecule has 0 bridgehead atoms. The molecule has 4 rings (SSSR count). The van der Waals surface area contributed by atoms with Crippen molar-refractivity contribution in [2.45, 2.75) is 65.2 Å². The number of halogens is 1. The number of aromatic amines is 1. The lowest BCUT2D eigenvalue weighted by molar-refractivity contribution is 0.102. The summed E-state index contributed by atoms with van der Waals surface area (Å²) in [6.45, 7) is 6.47. The van der Waals surface area contributed by atoms with Gasteiger partial charge in [0.15, 0.2) is 0 Å². The molecular formula is C30H35FN4O. The van der Waals surface area contributed by atoms with E-state index in [0.29, 0.717) is 35.1 Å². The Bertz CT molecular complexity index is 1310. The van der Waals surface area contributed by atoms with Crippen molar-refractivity contribution in [3.8, 4) is 0 Å². The van der Waals surface area contributed by atoms with Crippen molar-refractivity contribution in [2.75, 3.05) is 10.6 Å². The van der Waals surface area contributed by atoms with E-state index in [1.54, 1.807) is 24.3 Å². The van der Waals surface area contributed by atoms with E-state index in [0.717, 1.165) is 23.2 Å². The number of rotatable bonds is 11. The van der Waals surface area contributed by atoms with Crippen LogP contribution in [0.1, 0.15) is 80.4 Å². The lowest BCUT2D eigenvalue weighted by Gasteiger charge is -2.16. The Balaban J connectivity index is 1.53. The maximum atomic E-state index is 14.0. The van der Waals surface area contributed by atoms with Gasteiger partial charge in [0.05, 0.1) is 11.4 Å². The van der Waals surface area contributed by atoms with Crippen LogP contribution in [0.4, 0.5) is 21.6 Å². The molecule has 4 aromatic rings. The van der Waals surface area contributed by atoms with Gasteiger partial charge in [-0.3, -0.25) is 4.79 Å². The number of para-hydroxylation sites is 1. The number of fused-ring (bicyclic) bond motifs is 1. The number of pyridine rings is 1. The van der Waals surface area contributed by atoms with Gasteiger partial charge in [-0.05, 0) is 67.1 Å². The Kier molecular flexibility index (Phi) is 8.36. The van der Waals surface area contributed by atoms with E-state index in [-0.39, 0.29) is 11.7 Å². The summed E-state index contributed by atoms with van der Waals surface area (Å²) >= 11 is 0. The molecule has 36 heavy (non-hydrogen) atoms. The Labute approximate surface area is 212 Å². The molecule has 2 heterocycles. The normalized spacial score (nSPS) is 12.0. The van der Waals surface area contributed by atoms with Crippen LogP contribution >= 0.6 is 0 Å². The van der Waals surface area contributed by atoms with Crippen LogP contribution in [-0.2, 0) is 6.42 Å². The first kappa shape index (κ1) is 25.4. The molecule has 0 spiro atoms. The largest absolute Gasteiger partial charge is 0.341 e. The van der Waals surface area contributed by atoms with Crippen LogP contribution < -0.4 is 10.6 Å². The predicted molar refractivity (Wildman–Crippen MR) is 147 cm³/mol. The number of amides is 1. The number of aromatic nitrogens is 2. The molecule has 0 aliphatic carbocycles. The average molecular weight is 487 g/mol. The molecule has 5 nitrogen and oxygen atoms in total. The van der Waals surface area contributed by atoms with Crippen molar-refractivity contribution in [1.82, 2.24) is 9.97 Å². The summed E-state index contributed by atoms with van der Waals surface area (Å²) in [5.74, 6) is 0.581. The molecule has 1 amide bonds. The zero-order chi connectivity index (χ0) is 25.5. The zero-order valence-corrected chi connectivity index (χ0v) is 21.3. The molecule has 0 saturated carbocycles. The van der Waals surface area contributed by atoms with E-state index < -0.39 is 0 Å². The molecule has 6 heteroatoms. The first-order chi connectivity index (χ1) is 17.5. The number of unbranched alkanes of at least 4 members (excludes halogenated alkanes) is 1. The maximum Gasteiger partial charge on any atom is 0.255 e. The number of hydrogen-bond donors (Lipinski definition) is 3. The molecule has 0 radical (unpaired) electrons. The quantitative estimate of drug-likeness (QED) is 0.200. The van der Waals surface area contributed by atoms with Crippen molar-refractivity contribution in [3.05, 3.63) is 83.3 Å². The van der Waals surface area contributed by atoms with E-state index in [2.05, 4.69) is 46.6 Å². The molecule has 0 saturated heterocycles. The molecule has 3 N–H and O–H groups in total. The van der Waals surface area contributed by atoms with Crippen molar-refractivity contribution >= 4 is 34.1 Å². The number of H-pyrrole nitrogens is 1. The van der Waals surface area contributed by atoms with E-state index >= 15 is 0 Å². The van der Waals surface area contributed by atoms with Crippen molar-refractivity contribution in [3.63, 3.8) is 0 Å². The number of aryl methyl sites for hydroxylation is 1. The average Bonchev–Trinajstić information content (AvgIpc) is 3.24. The van der Waals surface area contributed by atoms with E-state index in [1.165, 1.54) is 37.3 Å². The second-order valence-electron chi connectivity index (χ2n) is 9.23. The van der Waals surface area contributed by atoms with Gasteiger partial charge in [0.1, 0.15) is 17.3 Å². The molecule has 2 aromatic carbocycles. The lowest BCUT2D eigenvalue weighted by Crippen LogP contribution is -2.13. The summed E-state index contributed by atoms with van der Waals surface area (Å²) in [5, 5.41) is 6.93. The van der Waals surface area contributed by atoms with Crippen LogP contribution in [0.2, 0.25) is 0 Å². The van der Waals surface area contributed by atoms with Gasteiger partial charge in [0.25, 0.3) is 5.91 Å². The third-order valence-corrected chi connectivity index (χ3v) is 6.65. The minimum Gasteiger partial charge on any atom is -0.341 e. The molecule has 1 unspecified atom stereocenters. The van der Waals surface area contributed by atoms with Gasteiger partial charge in [-0.15, -0.1) is 0 Å². The Hall–Kier alpha value is -3.67. The van der Waals surface area contributed by atoms with Crippen molar-refractivity contribution in [2.24, 2.45) is 0 Å². The summed E-state index contributed by atoms with van der Waals surface area (Å²) in [4.78, 5) is 21.1. The second kappa shape index (κ2) is 11.8. The number of anilines is 3. The smallest absolute Gasteiger partial charge is 0.255 e. The Morgan fingerprint density at radius 1 is 0.972 bits per heavy atom. The summed E-state index contributed by atoms with van der Waals surface area (Å²) in [5.41, 5.74) is 4.57. The van der Waals surface area contributed by atoms with Gasteiger partial charge in [0, 0.05) is 16.6 Å². The molecule has 2 aromatic heterocycles. The van der Waals surface area contributed by atoms with Gasteiger partial charge in [-0.25, -0.2) is 9.37 Å². The number of nitrogens with one attached hydrogen (secondary N) is 3. The second-order valence-corrected chi connectivity index (χ2v) is 9.23. The molecule has 1 atom stereocenters. The molecule has 0 aliphatic rings. The highest BCUT2D eigenvalue weighted by molar-refractivity contribution is 6.09. The third kappa shape index (κ3) is 5.76. The summed E-state index contributed by atoms with van der Waals surface area (Å²) in [7, 11) is 0. The standard InChI is InChI=1S/C30H35FN4O/c1-4-7-11-20(10-5-2)21-14-16-22(17-15-21)30(36)35-28-23-18-19-27(34-29(23)33-25(28)6-3)32-26-13-9-8-12-24(26)31/h8-9,12-20H,4-7,10-11H2,1-3H3,(H,35,36)(H2,32,33,34). The van der Waals surface area contributed by atoms with Gasteiger partial charge in [-0.2, -0.15) is 0 Å². The summed E-state index contributed by atoms with van der Waals surface area (Å²) in [6.07, 6.45) is 6.63. The fraction of sp³-hybridized carbons (Fsp3) is 0.333. The molecular weight excluding hydrogens is 451 g/mol. The Morgan fingerprint density at radius 2 is 1.75 bits per heavy atom. The van der Waals surface area contributed by atoms with Crippen molar-refractivity contribution in [1.29, 1.82) is 0 Å². The maximum absolute atomic E-state index is 14.0. The highest BCUT2D eigenvalue weighted by Gasteiger charge is 2.17. The summed E-state index contributed by atoms with van der Waals surface area (Å²) < 4.78 is 14.0. The van der Waals surface area contributed by atoms with Crippen LogP contribution in [0, 0.1) is 5.82 Å². The van der Waals surface area contributed by atoms with Gasteiger partial charge < -0.3 is 15.6 Å². The minimum atomic E-state index is -0.342. The van der Waals surface area contributed by atoms with Crippen molar-refractivity contribution < 1.29 is 9.18 Å². The fourth-order valence-corrected chi connectivity index (χ4v) is 4.67. The lowest BCUT2D eigenvalue weighted by atomic mass is 9.89. The fourth-order valence-electron chi connectivity index (χ4n) is 4.67. The Morgan fingerprint density at radius 3 is 2.44 bits per heavy atom. The van der Waals surface area contributed by atoms with E-state index in [9.17, 15) is 9.18 Å². The van der Waals surface area contributed by atoms with E-state index in [1.807, 2.05) is 25.1 Å². The number of nitrogens with zero attached hydrogens (tertiary/aromatic N) is 1. The van der Waals surface area contributed by atoms with Crippen LogP contribution in [0.3, 0.4) is 0 Å². The number of benzene rings is 2. The van der Waals surface area contributed by atoms with Crippen LogP contribution in [0.5, 0.6) is 0 Å². The third-order valence-electron chi connectivity index (χ3n) is 6.65. The van der Waals surface area contributed by atoms with Gasteiger partial charge >= 0.3 is 0 Å². The topological polar surface area (TPSA) is 69.8 Å². The van der Waals surface area contributed by atoms with E-state index in [4.69, 9.17) is 0 Å². The molecule has 0 fully saturated rings. The highest BCUT2D eigenvalue weighted by atomic mass is 19.1.